The second-order valence-electron chi connectivity index (χ2n) is 7.27. The summed E-state index contributed by atoms with van der Waals surface area (Å²) in [4.78, 5) is 12.4. The molecule has 0 atom stereocenters. The Labute approximate surface area is 195 Å². The molecule has 33 heavy (non-hydrogen) atoms. The van der Waals surface area contributed by atoms with Crippen LogP contribution in [0.5, 0.6) is 11.5 Å². The van der Waals surface area contributed by atoms with E-state index in [9.17, 15) is 13.2 Å². The summed E-state index contributed by atoms with van der Waals surface area (Å²) in [7, 11) is -3.68. The summed E-state index contributed by atoms with van der Waals surface area (Å²) in [5.74, 6) is 0.891. The molecule has 0 spiro atoms. The van der Waals surface area contributed by atoms with Crippen molar-refractivity contribution in [2.24, 2.45) is 0 Å². The molecule has 1 N–H and O–H groups in total. The van der Waals surface area contributed by atoms with Gasteiger partial charge in [0.2, 0.25) is 0 Å². The number of nitrogens with zero attached hydrogens (tertiary/aromatic N) is 1. The van der Waals surface area contributed by atoms with Crippen molar-refractivity contribution in [1.29, 1.82) is 0 Å². The lowest BCUT2D eigenvalue weighted by Crippen LogP contribution is -2.30. The van der Waals surface area contributed by atoms with Crippen LogP contribution in [0, 0.1) is 6.92 Å². The Balaban J connectivity index is 1.60. The van der Waals surface area contributed by atoms with Gasteiger partial charge in [0.05, 0.1) is 17.2 Å². The van der Waals surface area contributed by atoms with Gasteiger partial charge in [0.1, 0.15) is 11.5 Å². The van der Waals surface area contributed by atoms with Crippen LogP contribution in [0.25, 0.3) is 0 Å². The average molecular weight is 469 g/mol. The van der Waals surface area contributed by atoms with Gasteiger partial charge in [-0.15, -0.1) is 0 Å². The molecule has 174 valence electrons. The Morgan fingerprint density at radius 2 is 1.42 bits per heavy atom. The number of carbonyl (C=O) groups is 1. The van der Waals surface area contributed by atoms with Gasteiger partial charge < -0.3 is 14.8 Å². The van der Waals surface area contributed by atoms with Crippen LogP contribution < -0.4 is 19.1 Å². The lowest BCUT2D eigenvalue weighted by Gasteiger charge is -2.23. The molecule has 8 heteroatoms. The van der Waals surface area contributed by atoms with Gasteiger partial charge in [0, 0.05) is 12.2 Å². The molecule has 0 aliphatic heterocycles. The number of nitrogens with one attached hydrogen (secondary N) is 1. The molecule has 0 bridgehead atoms. The summed E-state index contributed by atoms with van der Waals surface area (Å²) in [6.07, 6.45) is 0. The first-order valence-electron chi connectivity index (χ1n) is 10.7. The third kappa shape index (κ3) is 6.26. The Morgan fingerprint density at radius 3 is 2.00 bits per heavy atom. The SMILES string of the molecule is CCOc1ccc(NC(=O)COc2ccc(N(CC)S(=O)(=O)c3ccc(C)cc3)cc2)cc1. The van der Waals surface area contributed by atoms with E-state index in [1.165, 1.54) is 4.31 Å². The Bertz CT molecular complexity index is 1160. The number of rotatable bonds is 10. The van der Waals surface area contributed by atoms with E-state index in [1.807, 2.05) is 13.8 Å². The number of sulfonamides is 1. The van der Waals surface area contributed by atoms with E-state index in [0.29, 0.717) is 23.7 Å². The highest BCUT2D eigenvalue weighted by atomic mass is 32.2. The molecule has 0 heterocycles. The Hall–Kier alpha value is -3.52. The van der Waals surface area contributed by atoms with Crippen molar-refractivity contribution in [3.63, 3.8) is 0 Å². The van der Waals surface area contributed by atoms with Crippen LogP contribution in [-0.2, 0) is 14.8 Å². The first kappa shape index (κ1) is 24.1. The van der Waals surface area contributed by atoms with Gasteiger partial charge in [-0.2, -0.15) is 0 Å². The lowest BCUT2D eigenvalue weighted by atomic mass is 10.2. The van der Waals surface area contributed by atoms with Gasteiger partial charge in [-0.1, -0.05) is 17.7 Å². The largest absolute Gasteiger partial charge is 0.494 e. The minimum atomic E-state index is -3.68. The van der Waals surface area contributed by atoms with Crippen LogP contribution in [0.2, 0.25) is 0 Å². The van der Waals surface area contributed by atoms with Gasteiger partial charge in [-0.3, -0.25) is 9.10 Å². The molecule has 0 saturated heterocycles. The van der Waals surface area contributed by atoms with E-state index >= 15 is 0 Å². The van der Waals surface area contributed by atoms with Crippen molar-refractivity contribution in [3.05, 3.63) is 78.4 Å². The highest BCUT2D eigenvalue weighted by molar-refractivity contribution is 7.92. The topological polar surface area (TPSA) is 84.9 Å². The molecule has 0 unspecified atom stereocenters. The van der Waals surface area contributed by atoms with E-state index in [0.717, 1.165) is 11.3 Å². The maximum absolute atomic E-state index is 13.0. The third-order valence-electron chi connectivity index (χ3n) is 4.84. The maximum Gasteiger partial charge on any atom is 0.264 e. The average Bonchev–Trinajstić information content (AvgIpc) is 2.80. The monoisotopic (exact) mass is 468 g/mol. The van der Waals surface area contributed by atoms with E-state index in [2.05, 4.69) is 5.32 Å². The van der Waals surface area contributed by atoms with Gasteiger partial charge in [0.25, 0.3) is 15.9 Å². The fraction of sp³-hybridized carbons (Fsp3) is 0.240. The lowest BCUT2D eigenvalue weighted by molar-refractivity contribution is -0.118. The number of amides is 1. The van der Waals surface area contributed by atoms with E-state index in [-0.39, 0.29) is 24.0 Å². The minimum absolute atomic E-state index is 0.175. The van der Waals surface area contributed by atoms with Crippen LogP contribution in [0.4, 0.5) is 11.4 Å². The van der Waals surface area contributed by atoms with E-state index < -0.39 is 10.0 Å². The van der Waals surface area contributed by atoms with Gasteiger partial charge in [-0.05, 0) is 81.4 Å². The number of hydrogen-bond donors (Lipinski definition) is 1. The van der Waals surface area contributed by atoms with Crippen LogP contribution in [0.3, 0.4) is 0 Å². The molecule has 0 aliphatic rings. The molecule has 0 fully saturated rings. The van der Waals surface area contributed by atoms with Crippen LogP contribution >= 0.6 is 0 Å². The molecular formula is C25H28N2O5S. The Morgan fingerprint density at radius 1 is 0.848 bits per heavy atom. The summed E-state index contributed by atoms with van der Waals surface area (Å²) in [5, 5.41) is 2.76. The summed E-state index contributed by atoms with van der Waals surface area (Å²) in [5.41, 5.74) is 2.15. The van der Waals surface area contributed by atoms with Crippen molar-refractivity contribution in [1.82, 2.24) is 0 Å². The predicted octanol–water partition coefficient (Wildman–Crippen LogP) is 4.63. The predicted molar refractivity (Wildman–Crippen MR) is 130 cm³/mol. The zero-order valence-corrected chi connectivity index (χ0v) is 19.8. The molecule has 0 aliphatic carbocycles. The fourth-order valence-corrected chi connectivity index (χ4v) is 4.66. The van der Waals surface area contributed by atoms with Crippen LogP contribution in [-0.4, -0.2) is 34.1 Å². The molecule has 3 aromatic carbocycles. The van der Waals surface area contributed by atoms with Crippen molar-refractivity contribution in [2.75, 3.05) is 29.4 Å². The smallest absolute Gasteiger partial charge is 0.264 e. The van der Waals surface area contributed by atoms with Crippen molar-refractivity contribution < 1.29 is 22.7 Å². The van der Waals surface area contributed by atoms with Gasteiger partial charge in [0.15, 0.2) is 6.61 Å². The normalized spacial score (nSPS) is 11.0. The minimum Gasteiger partial charge on any atom is -0.494 e. The number of benzene rings is 3. The van der Waals surface area contributed by atoms with Crippen LogP contribution in [0.1, 0.15) is 19.4 Å². The molecule has 1 amide bonds. The second-order valence-corrected chi connectivity index (χ2v) is 9.13. The first-order valence-corrected chi connectivity index (χ1v) is 12.1. The van der Waals surface area contributed by atoms with Crippen LogP contribution in [0.15, 0.2) is 77.7 Å². The third-order valence-corrected chi connectivity index (χ3v) is 6.76. The van der Waals surface area contributed by atoms with Crippen molar-refractivity contribution in [3.8, 4) is 11.5 Å². The van der Waals surface area contributed by atoms with Gasteiger partial charge >= 0.3 is 0 Å². The molecule has 3 rings (SSSR count). The summed E-state index contributed by atoms with van der Waals surface area (Å²) >= 11 is 0. The maximum atomic E-state index is 13.0. The number of ether oxygens (including phenoxy) is 2. The number of hydrogen-bond acceptors (Lipinski definition) is 5. The Kier molecular flexibility index (Phi) is 7.95. The number of carbonyl (C=O) groups excluding carboxylic acids is 1. The standard InChI is InChI=1S/C25H28N2O5S/c1-4-27(33(29,30)24-16-6-19(3)7-17-24)21-10-14-23(15-11-21)32-18-25(28)26-20-8-12-22(13-9-20)31-5-2/h6-17H,4-5,18H2,1-3H3,(H,26,28). The zero-order valence-electron chi connectivity index (χ0n) is 18.9. The number of aryl methyl sites for hydroxylation is 1. The van der Waals surface area contributed by atoms with E-state index in [4.69, 9.17) is 9.47 Å². The highest BCUT2D eigenvalue weighted by Gasteiger charge is 2.23. The van der Waals surface area contributed by atoms with Crippen molar-refractivity contribution in [2.45, 2.75) is 25.7 Å². The first-order chi connectivity index (χ1) is 15.8. The van der Waals surface area contributed by atoms with Gasteiger partial charge in [-0.25, -0.2) is 8.42 Å². The molecule has 3 aromatic rings. The summed E-state index contributed by atoms with van der Waals surface area (Å²) in [6.45, 7) is 6.27. The molecular weight excluding hydrogens is 440 g/mol. The number of anilines is 2. The summed E-state index contributed by atoms with van der Waals surface area (Å²) in [6, 6.07) is 20.4. The highest BCUT2D eigenvalue weighted by Crippen LogP contribution is 2.26. The second kappa shape index (κ2) is 10.9. The van der Waals surface area contributed by atoms with E-state index in [1.54, 1.807) is 79.7 Å². The quantitative estimate of drug-likeness (QED) is 0.469. The zero-order chi connectivity index (χ0) is 23.8. The molecule has 0 radical (unpaired) electrons. The molecule has 0 saturated carbocycles. The molecule has 0 aromatic heterocycles. The fourth-order valence-electron chi connectivity index (χ4n) is 3.18. The molecule has 7 nitrogen and oxygen atoms in total. The summed E-state index contributed by atoms with van der Waals surface area (Å²) < 4.78 is 38.3. The van der Waals surface area contributed by atoms with Crippen molar-refractivity contribution >= 4 is 27.3 Å².